The minimum absolute atomic E-state index is 0.250. The van der Waals surface area contributed by atoms with Gasteiger partial charge < -0.3 is 4.98 Å². The number of aromatic nitrogens is 2. The number of nitrogens with zero attached hydrogens (tertiary/aromatic N) is 1. The van der Waals surface area contributed by atoms with Gasteiger partial charge in [-0.1, -0.05) is 12.1 Å². The molecule has 0 atom stereocenters. The van der Waals surface area contributed by atoms with Gasteiger partial charge in [0.15, 0.2) is 9.84 Å². The van der Waals surface area contributed by atoms with Crippen LogP contribution in [-0.4, -0.2) is 36.3 Å². The van der Waals surface area contributed by atoms with Gasteiger partial charge in [0.05, 0.1) is 11.0 Å². The highest BCUT2D eigenvalue weighted by molar-refractivity contribution is 7.91. The molecule has 90 valence electrons. The van der Waals surface area contributed by atoms with E-state index in [2.05, 4.69) is 15.3 Å². The highest BCUT2D eigenvalue weighted by Crippen LogP contribution is 2.13. The standard InChI is InChI=1S/C10H11N3O3S/c1-17(15,16)6-9(14)13-10-11-7-4-2-3-5-8(7)12-10/h2-5H,6H2,1H3,(H2,11,12,13,14). The van der Waals surface area contributed by atoms with Crippen molar-refractivity contribution >= 4 is 32.7 Å². The van der Waals surface area contributed by atoms with Gasteiger partial charge in [-0.2, -0.15) is 0 Å². The van der Waals surface area contributed by atoms with Crippen molar-refractivity contribution in [3.8, 4) is 0 Å². The Bertz CT molecular complexity index is 627. The lowest BCUT2D eigenvalue weighted by Gasteiger charge is -1.99. The largest absolute Gasteiger partial charge is 0.324 e. The van der Waals surface area contributed by atoms with Crippen molar-refractivity contribution in [2.45, 2.75) is 0 Å². The second-order valence-corrected chi connectivity index (χ2v) is 5.86. The van der Waals surface area contributed by atoms with Crippen LogP contribution >= 0.6 is 0 Å². The van der Waals surface area contributed by atoms with Gasteiger partial charge in [0.25, 0.3) is 0 Å². The Morgan fingerprint density at radius 3 is 2.76 bits per heavy atom. The van der Waals surface area contributed by atoms with Crippen LogP contribution in [0.25, 0.3) is 11.0 Å². The molecule has 1 heterocycles. The van der Waals surface area contributed by atoms with E-state index in [9.17, 15) is 13.2 Å². The molecule has 6 nitrogen and oxygen atoms in total. The molecule has 17 heavy (non-hydrogen) atoms. The first-order chi connectivity index (χ1) is 7.94. The van der Waals surface area contributed by atoms with E-state index in [1.165, 1.54) is 0 Å². The number of nitrogens with one attached hydrogen (secondary N) is 2. The minimum Gasteiger partial charge on any atom is -0.324 e. The lowest BCUT2D eigenvalue weighted by atomic mass is 10.3. The summed E-state index contributed by atoms with van der Waals surface area (Å²) in [6.07, 6.45) is 1.01. The zero-order valence-corrected chi connectivity index (χ0v) is 9.91. The van der Waals surface area contributed by atoms with Crippen LogP contribution in [0.15, 0.2) is 24.3 Å². The molecule has 1 aromatic carbocycles. The van der Waals surface area contributed by atoms with E-state index in [4.69, 9.17) is 0 Å². The fraction of sp³-hybridized carbons (Fsp3) is 0.200. The van der Waals surface area contributed by atoms with E-state index in [0.717, 1.165) is 11.8 Å². The molecule has 0 saturated carbocycles. The zero-order valence-electron chi connectivity index (χ0n) is 9.10. The number of anilines is 1. The molecule has 0 aliphatic carbocycles. The Hall–Kier alpha value is -1.89. The van der Waals surface area contributed by atoms with Gasteiger partial charge in [-0.3, -0.25) is 10.1 Å². The van der Waals surface area contributed by atoms with Crippen LogP contribution in [0.2, 0.25) is 0 Å². The number of H-pyrrole nitrogens is 1. The van der Waals surface area contributed by atoms with Crippen molar-refractivity contribution in [1.29, 1.82) is 0 Å². The summed E-state index contributed by atoms with van der Waals surface area (Å²) in [5.41, 5.74) is 1.49. The lowest BCUT2D eigenvalue weighted by molar-refractivity contribution is -0.113. The number of benzene rings is 1. The average Bonchev–Trinajstić information content (AvgIpc) is 2.55. The van der Waals surface area contributed by atoms with Gasteiger partial charge in [-0.25, -0.2) is 13.4 Å². The number of hydrogen-bond donors (Lipinski definition) is 2. The maximum Gasteiger partial charge on any atom is 0.241 e. The molecule has 0 spiro atoms. The van der Waals surface area contributed by atoms with Crippen molar-refractivity contribution in [3.05, 3.63) is 24.3 Å². The summed E-state index contributed by atoms with van der Waals surface area (Å²) in [5.74, 6) is -0.907. The van der Waals surface area contributed by atoms with E-state index >= 15 is 0 Å². The van der Waals surface area contributed by atoms with Crippen LogP contribution in [0.3, 0.4) is 0 Å². The molecule has 0 aliphatic rings. The van der Waals surface area contributed by atoms with Gasteiger partial charge in [-0.05, 0) is 12.1 Å². The second kappa shape index (κ2) is 4.17. The maximum absolute atomic E-state index is 11.4. The van der Waals surface area contributed by atoms with Gasteiger partial charge in [0.2, 0.25) is 11.9 Å². The van der Waals surface area contributed by atoms with Gasteiger partial charge >= 0.3 is 0 Å². The first-order valence-electron chi connectivity index (χ1n) is 4.86. The van der Waals surface area contributed by atoms with Crippen molar-refractivity contribution in [3.63, 3.8) is 0 Å². The Balaban J connectivity index is 2.16. The monoisotopic (exact) mass is 253 g/mol. The van der Waals surface area contributed by atoms with E-state index < -0.39 is 21.5 Å². The Morgan fingerprint density at radius 1 is 1.41 bits per heavy atom. The van der Waals surface area contributed by atoms with Gasteiger partial charge in [0, 0.05) is 6.26 Å². The summed E-state index contributed by atoms with van der Waals surface area (Å²) in [6.45, 7) is 0. The van der Waals surface area contributed by atoms with Crippen molar-refractivity contribution in [2.75, 3.05) is 17.3 Å². The van der Waals surface area contributed by atoms with Gasteiger partial charge in [-0.15, -0.1) is 0 Å². The third-order valence-corrected chi connectivity index (χ3v) is 2.83. The number of fused-ring (bicyclic) bond motifs is 1. The summed E-state index contributed by atoms with van der Waals surface area (Å²) in [6, 6.07) is 7.26. The van der Waals surface area contributed by atoms with Crippen LogP contribution in [0, 0.1) is 0 Å². The summed E-state index contributed by atoms with van der Waals surface area (Å²) >= 11 is 0. The Morgan fingerprint density at radius 2 is 2.12 bits per heavy atom. The van der Waals surface area contributed by atoms with E-state index in [1.54, 1.807) is 6.07 Å². The molecule has 1 amide bonds. The van der Waals surface area contributed by atoms with Crippen molar-refractivity contribution in [2.24, 2.45) is 0 Å². The van der Waals surface area contributed by atoms with Crippen LogP contribution < -0.4 is 5.32 Å². The second-order valence-electron chi connectivity index (χ2n) is 3.72. The quantitative estimate of drug-likeness (QED) is 0.835. The van der Waals surface area contributed by atoms with E-state index in [-0.39, 0.29) is 5.95 Å². The number of para-hydroxylation sites is 2. The van der Waals surface area contributed by atoms with Crippen LogP contribution in [0.4, 0.5) is 5.95 Å². The number of amides is 1. The Kier molecular flexibility index (Phi) is 2.84. The molecule has 7 heteroatoms. The number of carbonyl (C=O) groups excluding carboxylic acids is 1. The fourth-order valence-electron chi connectivity index (χ4n) is 1.42. The number of sulfone groups is 1. The van der Waals surface area contributed by atoms with Crippen LogP contribution in [-0.2, 0) is 14.6 Å². The smallest absolute Gasteiger partial charge is 0.241 e. The number of carbonyl (C=O) groups is 1. The van der Waals surface area contributed by atoms with Gasteiger partial charge in [0.1, 0.15) is 5.75 Å². The predicted molar refractivity (Wildman–Crippen MR) is 64.4 cm³/mol. The summed E-state index contributed by atoms with van der Waals surface area (Å²) in [5, 5.41) is 2.40. The highest BCUT2D eigenvalue weighted by atomic mass is 32.2. The number of imidazole rings is 1. The molecule has 0 saturated heterocycles. The summed E-state index contributed by atoms with van der Waals surface area (Å²) in [7, 11) is -3.33. The maximum atomic E-state index is 11.4. The SMILES string of the molecule is CS(=O)(=O)CC(=O)Nc1nc2ccccc2[nH]1. The normalized spacial score (nSPS) is 11.6. The summed E-state index contributed by atoms with van der Waals surface area (Å²) in [4.78, 5) is 18.3. The number of rotatable bonds is 3. The van der Waals surface area contributed by atoms with E-state index in [1.807, 2.05) is 18.2 Å². The van der Waals surface area contributed by atoms with Crippen molar-refractivity contribution < 1.29 is 13.2 Å². The first-order valence-corrected chi connectivity index (χ1v) is 6.92. The van der Waals surface area contributed by atoms with Crippen LogP contribution in [0.1, 0.15) is 0 Å². The molecule has 1 aromatic heterocycles. The van der Waals surface area contributed by atoms with E-state index in [0.29, 0.717) is 5.52 Å². The minimum atomic E-state index is -3.33. The summed E-state index contributed by atoms with van der Waals surface area (Å²) < 4.78 is 21.8. The molecule has 2 N–H and O–H groups in total. The molecule has 0 bridgehead atoms. The third-order valence-electron chi connectivity index (χ3n) is 2.04. The number of aromatic amines is 1. The molecule has 2 rings (SSSR count). The van der Waals surface area contributed by atoms with Crippen LogP contribution in [0.5, 0.6) is 0 Å². The zero-order chi connectivity index (χ0) is 12.5. The lowest BCUT2D eigenvalue weighted by Crippen LogP contribution is -2.22. The first kappa shape index (κ1) is 11.6. The average molecular weight is 253 g/mol. The van der Waals surface area contributed by atoms with Crippen molar-refractivity contribution in [1.82, 2.24) is 9.97 Å². The molecule has 2 aromatic rings. The fourth-order valence-corrected chi connectivity index (χ4v) is 1.97. The molecule has 0 radical (unpaired) electrons. The molecule has 0 unspecified atom stereocenters. The molecule has 0 fully saturated rings. The molecule has 0 aliphatic heterocycles. The number of hydrogen-bond acceptors (Lipinski definition) is 4. The molecular formula is C10H11N3O3S. The Labute approximate surface area is 98.0 Å². The predicted octanol–water partition coefficient (Wildman–Crippen LogP) is 0.546. The molecular weight excluding hydrogens is 242 g/mol. The topological polar surface area (TPSA) is 91.9 Å². The highest BCUT2D eigenvalue weighted by Gasteiger charge is 2.12. The third kappa shape index (κ3) is 3.04.